The summed E-state index contributed by atoms with van der Waals surface area (Å²) in [5, 5.41) is 8.87. The molecule has 0 saturated carbocycles. The molecule has 0 spiro atoms. The molecule has 2 N–H and O–H groups in total. The quantitative estimate of drug-likeness (QED) is 0.290. The van der Waals surface area contributed by atoms with E-state index in [0.717, 1.165) is 24.9 Å². The zero-order chi connectivity index (χ0) is 18.2. The first-order valence-electron chi connectivity index (χ1n) is 8.88. The number of hydrogen-bond donors (Lipinski definition) is 2. The van der Waals surface area contributed by atoms with Crippen molar-refractivity contribution in [2.24, 2.45) is 4.99 Å². The summed E-state index contributed by atoms with van der Waals surface area (Å²) in [7, 11) is 0. The van der Waals surface area contributed by atoms with Crippen LogP contribution in [0.3, 0.4) is 0 Å². The maximum Gasteiger partial charge on any atom is 0.192 e. The van der Waals surface area contributed by atoms with Crippen LogP contribution in [0.5, 0.6) is 0 Å². The average molecular weight is 495 g/mol. The minimum Gasteiger partial charge on any atom is -0.357 e. The second kappa shape index (κ2) is 11.1. The topological polar surface area (TPSA) is 54.2 Å². The van der Waals surface area contributed by atoms with Gasteiger partial charge in [-0.25, -0.2) is 9.98 Å². The first-order chi connectivity index (χ1) is 12.8. The molecule has 0 aliphatic carbocycles. The van der Waals surface area contributed by atoms with Crippen molar-refractivity contribution in [3.05, 3.63) is 76.5 Å². The van der Waals surface area contributed by atoms with Crippen molar-refractivity contribution in [1.82, 2.24) is 20.2 Å². The summed E-state index contributed by atoms with van der Waals surface area (Å²) in [6.45, 7) is 6.38. The second-order valence-corrected chi connectivity index (χ2v) is 7.01. The van der Waals surface area contributed by atoms with Gasteiger partial charge in [-0.2, -0.15) is 0 Å². The number of imidazole rings is 1. The first-order valence-corrected chi connectivity index (χ1v) is 9.76. The molecular weight excluding hydrogens is 469 g/mol. The minimum absolute atomic E-state index is 0. The predicted octanol–water partition coefficient (Wildman–Crippen LogP) is 4.43. The molecular formula is C20H26IN5S. The zero-order valence-corrected chi connectivity index (χ0v) is 18.8. The van der Waals surface area contributed by atoms with Crippen molar-refractivity contribution in [2.75, 3.05) is 6.54 Å². The Labute approximate surface area is 182 Å². The Kier molecular flexibility index (Phi) is 8.80. The van der Waals surface area contributed by atoms with Gasteiger partial charge in [-0.15, -0.1) is 35.3 Å². The van der Waals surface area contributed by atoms with Gasteiger partial charge in [0.1, 0.15) is 12.4 Å². The molecule has 2 heterocycles. The van der Waals surface area contributed by atoms with E-state index >= 15 is 0 Å². The predicted molar refractivity (Wildman–Crippen MR) is 124 cm³/mol. The first kappa shape index (κ1) is 21.4. The van der Waals surface area contributed by atoms with Crippen molar-refractivity contribution < 1.29 is 0 Å². The van der Waals surface area contributed by atoms with E-state index in [4.69, 9.17) is 4.99 Å². The highest BCUT2D eigenvalue weighted by molar-refractivity contribution is 14.0. The highest BCUT2D eigenvalue weighted by atomic mass is 127. The Morgan fingerprint density at radius 1 is 1.22 bits per heavy atom. The number of rotatable bonds is 7. The molecule has 3 rings (SSSR count). The van der Waals surface area contributed by atoms with Crippen molar-refractivity contribution in [3.8, 4) is 0 Å². The van der Waals surface area contributed by atoms with Gasteiger partial charge in [-0.05, 0) is 30.9 Å². The van der Waals surface area contributed by atoms with E-state index in [1.54, 1.807) is 11.3 Å². The van der Waals surface area contributed by atoms with Gasteiger partial charge in [0, 0.05) is 30.4 Å². The molecule has 0 radical (unpaired) electrons. The van der Waals surface area contributed by atoms with Crippen LogP contribution < -0.4 is 10.6 Å². The van der Waals surface area contributed by atoms with Gasteiger partial charge >= 0.3 is 0 Å². The SMILES string of the molecule is CCNC(=NCc1nccn1Cc1ccccc1)NC(C)c1cccs1.I. The largest absolute Gasteiger partial charge is 0.357 e. The van der Waals surface area contributed by atoms with Crippen LogP contribution in [-0.2, 0) is 13.1 Å². The lowest BCUT2D eigenvalue weighted by Gasteiger charge is -2.16. The van der Waals surface area contributed by atoms with Crippen LogP contribution in [-0.4, -0.2) is 22.1 Å². The van der Waals surface area contributed by atoms with Crippen LogP contribution in [0, 0.1) is 0 Å². The molecule has 3 aromatic rings. The number of benzene rings is 1. The Hall–Kier alpha value is -1.87. The molecule has 27 heavy (non-hydrogen) atoms. The van der Waals surface area contributed by atoms with E-state index in [9.17, 15) is 0 Å². The monoisotopic (exact) mass is 495 g/mol. The van der Waals surface area contributed by atoms with E-state index in [1.165, 1.54) is 10.4 Å². The smallest absolute Gasteiger partial charge is 0.192 e. The van der Waals surface area contributed by atoms with Gasteiger partial charge in [0.15, 0.2) is 5.96 Å². The van der Waals surface area contributed by atoms with Crippen LogP contribution in [0.2, 0.25) is 0 Å². The number of aromatic nitrogens is 2. The molecule has 1 aromatic carbocycles. The van der Waals surface area contributed by atoms with E-state index in [0.29, 0.717) is 6.54 Å². The second-order valence-electron chi connectivity index (χ2n) is 6.03. The number of nitrogens with zero attached hydrogens (tertiary/aromatic N) is 3. The highest BCUT2D eigenvalue weighted by Gasteiger charge is 2.09. The fourth-order valence-electron chi connectivity index (χ4n) is 2.70. The number of hydrogen-bond acceptors (Lipinski definition) is 3. The summed E-state index contributed by atoms with van der Waals surface area (Å²) in [6.07, 6.45) is 3.84. The molecule has 0 aliphatic rings. The summed E-state index contributed by atoms with van der Waals surface area (Å²) in [5.74, 6) is 1.76. The lowest BCUT2D eigenvalue weighted by Crippen LogP contribution is -2.38. The molecule has 1 atom stereocenters. The molecule has 144 valence electrons. The maximum absolute atomic E-state index is 4.72. The van der Waals surface area contributed by atoms with Gasteiger partial charge in [0.25, 0.3) is 0 Å². The van der Waals surface area contributed by atoms with Crippen LogP contribution in [0.4, 0.5) is 0 Å². The zero-order valence-electron chi connectivity index (χ0n) is 15.6. The van der Waals surface area contributed by atoms with Crippen molar-refractivity contribution in [2.45, 2.75) is 33.0 Å². The molecule has 2 aromatic heterocycles. The Morgan fingerprint density at radius 2 is 2.04 bits per heavy atom. The molecule has 0 bridgehead atoms. The lowest BCUT2D eigenvalue weighted by atomic mass is 10.2. The number of nitrogens with one attached hydrogen (secondary N) is 2. The summed E-state index contributed by atoms with van der Waals surface area (Å²) >= 11 is 1.75. The fraction of sp³-hybridized carbons (Fsp3) is 0.300. The molecule has 0 aliphatic heterocycles. The minimum atomic E-state index is 0. The summed E-state index contributed by atoms with van der Waals surface area (Å²) in [4.78, 5) is 10.5. The van der Waals surface area contributed by atoms with Crippen LogP contribution in [0.15, 0.2) is 65.2 Å². The number of guanidine groups is 1. The van der Waals surface area contributed by atoms with Crippen LogP contribution >= 0.6 is 35.3 Å². The van der Waals surface area contributed by atoms with E-state index in [2.05, 4.69) is 75.8 Å². The van der Waals surface area contributed by atoms with Crippen LogP contribution in [0.1, 0.15) is 36.2 Å². The van der Waals surface area contributed by atoms with Gasteiger partial charge in [-0.3, -0.25) is 0 Å². The number of aliphatic imine (C=N–C) groups is 1. The molecule has 0 fully saturated rings. The fourth-order valence-corrected chi connectivity index (χ4v) is 3.43. The van der Waals surface area contributed by atoms with Crippen molar-refractivity contribution >= 4 is 41.3 Å². The molecule has 7 heteroatoms. The van der Waals surface area contributed by atoms with Gasteiger partial charge < -0.3 is 15.2 Å². The Balaban J connectivity index is 0.00000261. The van der Waals surface area contributed by atoms with Crippen LogP contribution in [0.25, 0.3) is 0 Å². The van der Waals surface area contributed by atoms with Gasteiger partial charge in [-0.1, -0.05) is 36.4 Å². The molecule has 1 unspecified atom stereocenters. The third kappa shape index (κ3) is 6.35. The standard InChI is InChI=1S/C20H25N5S.HI/c1-3-21-20(24-16(2)18-10-7-13-26-18)23-14-19-22-11-12-25(19)15-17-8-5-4-6-9-17;/h4-13,16H,3,14-15H2,1-2H3,(H2,21,23,24);1H. The normalized spacial score (nSPS) is 12.3. The summed E-state index contributed by atoms with van der Waals surface area (Å²) < 4.78 is 2.14. The summed E-state index contributed by atoms with van der Waals surface area (Å²) in [6, 6.07) is 14.8. The van der Waals surface area contributed by atoms with E-state index in [1.807, 2.05) is 18.5 Å². The van der Waals surface area contributed by atoms with E-state index in [-0.39, 0.29) is 30.0 Å². The average Bonchev–Trinajstić information content (AvgIpc) is 3.33. The van der Waals surface area contributed by atoms with Gasteiger partial charge in [0.2, 0.25) is 0 Å². The number of halogens is 1. The maximum atomic E-state index is 4.72. The number of thiophene rings is 1. The molecule has 0 saturated heterocycles. The Bertz CT molecular complexity index is 814. The third-order valence-corrected chi connectivity index (χ3v) is 5.10. The molecule has 5 nitrogen and oxygen atoms in total. The molecule has 0 amide bonds. The van der Waals surface area contributed by atoms with E-state index < -0.39 is 0 Å². The summed E-state index contributed by atoms with van der Waals surface area (Å²) in [5.41, 5.74) is 1.26. The highest BCUT2D eigenvalue weighted by Crippen LogP contribution is 2.17. The lowest BCUT2D eigenvalue weighted by molar-refractivity contribution is 0.685. The van der Waals surface area contributed by atoms with Crippen molar-refractivity contribution in [1.29, 1.82) is 0 Å². The van der Waals surface area contributed by atoms with Crippen molar-refractivity contribution in [3.63, 3.8) is 0 Å². The third-order valence-electron chi connectivity index (χ3n) is 4.04. The van der Waals surface area contributed by atoms with Gasteiger partial charge in [0.05, 0.1) is 6.04 Å². The Morgan fingerprint density at radius 3 is 2.74 bits per heavy atom.